The molecule has 11 heteroatoms. The number of hydrogen-bond acceptors (Lipinski definition) is 10. The van der Waals surface area contributed by atoms with Crippen LogP contribution in [0.5, 0.6) is 0 Å². The molecule has 0 aliphatic heterocycles. The molecule has 208 valence electrons. The van der Waals surface area contributed by atoms with E-state index in [9.17, 15) is 5.26 Å². The summed E-state index contributed by atoms with van der Waals surface area (Å²) in [6.07, 6.45) is 5.48. The van der Waals surface area contributed by atoms with E-state index in [2.05, 4.69) is 48.2 Å². The van der Waals surface area contributed by atoms with E-state index < -0.39 is 8.30 Å². The molecule has 0 spiro atoms. The summed E-state index contributed by atoms with van der Waals surface area (Å²) in [4.78, 5) is 18.9. The van der Waals surface area contributed by atoms with E-state index in [-0.39, 0.29) is 30.7 Å². The van der Waals surface area contributed by atoms with Crippen LogP contribution >= 0.6 is 8.30 Å². The highest BCUT2D eigenvalue weighted by Gasteiger charge is 2.34. The molecular weight excluding hydrogens is 475 g/mol. The van der Waals surface area contributed by atoms with E-state index in [1.807, 2.05) is 6.92 Å². The summed E-state index contributed by atoms with van der Waals surface area (Å²) in [6, 6.07) is 2.84. The summed E-state index contributed by atoms with van der Waals surface area (Å²) in [7, 11) is -0.977. The smallest absolute Gasteiger partial charge is 0.105 e. The summed E-state index contributed by atoms with van der Waals surface area (Å²) in [5.74, 6) is 0. The van der Waals surface area contributed by atoms with Crippen molar-refractivity contribution in [2.45, 2.75) is 91.6 Å². The first kappa shape index (κ1) is 34.6. The lowest BCUT2D eigenvalue weighted by Gasteiger charge is -2.40. The van der Waals surface area contributed by atoms with Crippen molar-refractivity contribution in [2.75, 3.05) is 52.4 Å². The van der Waals surface area contributed by atoms with Gasteiger partial charge in [0.05, 0.1) is 45.7 Å². The molecule has 2 N–H and O–H groups in total. The molecule has 0 aliphatic rings. The molecule has 0 amide bonds. The van der Waals surface area contributed by atoms with Crippen LogP contribution in [0.1, 0.15) is 79.6 Å². The lowest BCUT2D eigenvalue weighted by atomic mass is 9.80. The Bertz CT molecular complexity index is 516. The van der Waals surface area contributed by atoms with Crippen LogP contribution in [0.15, 0.2) is 0 Å². The van der Waals surface area contributed by atoms with Gasteiger partial charge in [-0.05, 0) is 66.2 Å². The van der Waals surface area contributed by atoms with Gasteiger partial charge < -0.3 is 9.26 Å². The summed E-state index contributed by atoms with van der Waals surface area (Å²) in [5, 5.41) is 26.7. The molecule has 0 bridgehead atoms. The van der Waals surface area contributed by atoms with E-state index in [1.54, 1.807) is 0 Å². The quantitative estimate of drug-likeness (QED) is 0.0671. The van der Waals surface area contributed by atoms with Gasteiger partial charge in [-0.1, -0.05) is 6.92 Å². The van der Waals surface area contributed by atoms with E-state index in [0.29, 0.717) is 58.5 Å². The lowest BCUT2D eigenvalue weighted by Crippen LogP contribution is -2.37. The van der Waals surface area contributed by atoms with Gasteiger partial charge in [0.15, 0.2) is 0 Å². The molecule has 0 fully saturated rings. The molecule has 0 heterocycles. The monoisotopic (exact) mass is 524 g/mol. The van der Waals surface area contributed by atoms with Crippen molar-refractivity contribution in [3.05, 3.63) is 0 Å². The molecule has 0 aromatic carbocycles. The molecule has 0 aliphatic carbocycles. The Morgan fingerprint density at radius 2 is 1.46 bits per heavy atom. The van der Waals surface area contributed by atoms with Crippen molar-refractivity contribution in [3.63, 3.8) is 0 Å². The third kappa shape index (κ3) is 16.8. The predicted octanol–water partition coefficient (Wildman–Crippen LogP) is 5.64. The fraction of sp³-hybridized carbons (Fsp3) is 0.958. The Balaban J connectivity index is 5.50. The summed E-state index contributed by atoms with van der Waals surface area (Å²) < 4.78 is 15.0. The van der Waals surface area contributed by atoms with Crippen LogP contribution in [0.25, 0.3) is 0 Å². The second-order valence-electron chi connectivity index (χ2n) is 9.25. The lowest BCUT2D eigenvalue weighted by molar-refractivity contribution is -0.295. The average molecular weight is 525 g/mol. The van der Waals surface area contributed by atoms with E-state index in [1.165, 1.54) is 0 Å². The van der Waals surface area contributed by atoms with Crippen molar-refractivity contribution < 1.29 is 39.3 Å². The fourth-order valence-electron chi connectivity index (χ4n) is 3.90. The van der Waals surface area contributed by atoms with Gasteiger partial charge in [0, 0.05) is 36.7 Å². The second kappa shape index (κ2) is 22.7. The molecule has 0 saturated carbocycles. The molecule has 2 unspecified atom stereocenters. The SMILES string of the molecule is CCCOOCCCC(CCCOO)(COCCCOO)COP(CCC#N)N(C(C)C)C(C)C. The molecule has 0 aromatic heterocycles. The maximum atomic E-state index is 9.21. The van der Waals surface area contributed by atoms with Crippen molar-refractivity contribution >= 4 is 8.30 Å². The first-order valence-corrected chi connectivity index (χ1v) is 14.2. The highest BCUT2D eigenvalue weighted by Crippen LogP contribution is 2.47. The van der Waals surface area contributed by atoms with E-state index >= 15 is 0 Å². The minimum atomic E-state index is -0.977. The number of rotatable bonds is 25. The first-order valence-electron chi connectivity index (χ1n) is 12.8. The Morgan fingerprint density at radius 1 is 0.857 bits per heavy atom. The maximum Gasteiger partial charge on any atom is 0.105 e. The number of nitriles is 1. The normalized spacial score (nSPS) is 14.5. The van der Waals surface area contributed by atoms with Gasteiger partial charge in [-0.3, -0.25) is 15.2 Å². The Labute approximate surface area is 213 Å². The molecule has 0 aromatic rings. The van der Waals surface area contributed by atoms with E-state index in [4.69, 9.17) is 29.6 Å². The van der Waals surface area contributed by atoms with Crippen LogP contribution in [0.2, 0.25) is 0 Å². The zero-order valence-electron chi connectivity index (χ0n) is 22.4. The zero-order valence-corrected chi connectivity index (χ0v) is 23.3. The van der Waals surface area contributed by atoms with Crippen LogP contribution in [0, 0.1) is 16.7 Å². The maximum absolute atomic E-state index is 9.21. The third-order valence-corrected chi connectivity index (χ3v) is 7.90. The largest absolute Gasteiger partial charge is 0.381 e. The van der Waals surface area contributed by atoms with Crippen LogP contribution in [-0.2, 0) is 28.8 Å². The van der Waals surface area contributed by atoms with E-state index in [0.717, 1.165) is 25.7 Å². The predicted molar refractivity (Wildman–Crippen MR) is 136 cm³/mol. The zero-order chi connectivity index (χ0) is 26.4. The number of hydrogen-bond donors (Lipinski definition) is 2. The molecule has 0 rings (SSSR count). The van der Waals surface area contributed by atoms with Crippen LogP contribution in [0.3, 0.4) is 0 Å². The third-order valence-electron chi connectivity index (χ3n) is 5.43. The van der Waals surface area contributed by atoms with Crippen LogP contribution in [0.4, 0.5) is 0 Å². The minimum Gasteiger partial charge on any atom is -0.381 e. The van der Waals surface area contributed by atoms with Gasteiger partial charge >= 0.3 is 0 Å². The minimum absolute atomic E-state index is 0.210. The van der Waals surface area contributed by atoms with Gasteiger partial charge in [-0.2, -0.15) is 5.26 Å². The number of ether oxygens (including phenoxy) is 1. The average Bonchev–Trinajstić information content (AvgIpc) is 2.82. The Hall–Kier alpha value is -0.440. The fourth-order valence-corrected chi connectivity index (χ4v) is 6.14. The summed E-state index contributed by atoms with van der Waals surface area (Å²) >= 11 is 0. The second-order valence-corrected chi connectivity index (χ2v) is 11.1. The summed E-state index contributed by atoms with van der Waals surface area (Å²) in [6.45, 7) is 13.4. The van der Waals surface area contributed by atoms with Gasteiger partial charge in [0.1, 0.15) is 8.30 Å². The van der Waals surface area contributed by atoms with Gasteiger partial charge in [0.2, 0.25) is 0 Å². The molecule has 0 radical (unpaired) electrons. The van der Waals surface area contributed by atoms with Crippen molar-refractivity contribution in [1.82, 2.24) is 4.67 Å². The Morgan fingerprint density at radius 3 is 2.03 bits per heavy atom. The van der Waals surface area contributed by atoms with Gasteiger partial charge in [-0.25, -0.2) is 19.6 Å². The van der Waals surface area contributed by atoms with Crippen molar-refractivity contribution in [3.8, 4) is 6.07 Å². The van der Waals surface area contributed by atoms with Crippen LogP contribution in [-0.4, -0.2) is 79.7 Å². The Kier molecular flexibility index (Phi) is 22.4. The number of nitrogens with zero attached hydrogens (tertiary/aromatic N) is 2. The highest BCUT2D eigenvalue weighted by molar-refractivity contribution is 7.50. The molecule has 0 saturated heterocycles. The van der Waals surface area contributed by atoms with Crippen molar-refractivity contribution in [2.24, 2.45) is 5.41 Å². The molecule has 10 nitrogen and oxygen atoms in total. The first-order chi connectivity index (χ1) is 16.9. The molecule has 35 heavy (non-hydrogen) atoms. The van der Waals surface area contributed by atoms with Gasteiger partial charge in [-0.15, -0.1) is 0 Å². The molecular formula is C24H49N2O8P. The molecule has 2 atom stereocenters. The van der Waals surface area contributed by atoms with Crippen molar-refractivity contribution in [1.29, 1.82) is 5.26 Å². The standard InChI is InChI=1S/C24H49N2O8P/c1-6-14-32-33-18-8-12-24(11-7-16-30-27,20-29-15-10-17-31-28)21-34-35(19-9-13-25)26(22(2)3)23(4)5/h22-23,27-28H,6-12,14-21H2,1-5H3. The van der Waals surface area contributed by atoms with Gasteiger partial charge in [0.25, 0.3) is 0 Å². The van der Waals surface area contributed by atoms with Crippen LogP contribution < -0.4 is 0 Å². The summed E-state index contributed by atoms with van der Waals surface area (Å²) in [5.41, 5.74) is -0.334. The topological polar surface area (TPSA) is 123 Å². The highest BCUT2D eigenvalue weighted by atomic mass is 31.2.